The molecule has 1 aromatic carbocycles. The van der Waals surface area contributed by atoms with Crippen LogP contribution < -0.4 is 10.2 Å². The first kappa shape index (κ1) is 14.6. The van der Waals surface area contributed by atoms with E-state index in [2.05, 4.69) is 44.7 Å². The van der Waals surface area contributed by atoms with Gasteiger partial charge in [0.25, 0.3) is 5.91 Å². The fourth-order valence-corrected chi connectivity index (χ4v) is 2.85. The van der Waals surface area contributed by atoms with Crippen LogP contribution in [-0.4, -0.2) is 29.2 Å². The van der Waals surface area contributed by atoms with E-state index >= 15 is 0 Å². The Labute approximate surface area is 130 Å². The zero-order chi connectivity index (χ0) is 15.5. The number of rotatable bonds is 4. The summed E-state index contributed by atoms with van der Waals surface area (Å²) in [6, 6.07) is 10.1. The van der Waals surface area contributed by atoms with Crippen LogP contribution in [0.2, 0.25) is 0 Å². The Bertz CT molecular complexity index is 658. The Balaban J connectivity index is 1.70. The average Bonchev–Trinajstić information content (AvgIpc) is 3.18. The zero-order valence-corrected chi connectivity index (χ0v) is 13.1. The number of carbonyl (C=O) groups excluding carboxylic acids is 1. The Morgan fingerprint density at radius 1 is 1.32 bits per heavy atom. The molecule has 1 aliphatic heterocycles. The summed E-state index contributed by atoms with van der Waals surface area (Å²) in [5, 5.41) is 9.79. The van der Waals surface area contributed by atoms with E-state index in [0.29, 0.717) is 5.69 Å². The van der Waals surface area contributed by atoms with Crippen LogP contribution in [0.15, 0.2) is 30.3 Å². The Morgan fingerprint density at radius 2 is 2.09 bits per heavy atom. The van der Waals surface area contributed by atoms with Gasteiger partial charge in [-0.2, -0.15) is 5.10 Å². The molecule has 22 heavy (non-hydrogen) atoms. The van der Waals surface area contributed by atoms with Gasteiger partial charge >= 0.3 is 0 Å². The van der Waals surface area contributed by atoms with Crippen molar-refractivity contribution in [1.82, 2.24) is 15.5 Å². The maximum Gasteiger partial charge on any atom is 0.272 e. The normalized spacial score (nSPS) is 15.8. The number of benzene rings is 1. The number of nitrogens with zero attached hydrogens (tertiary/aromatic N) is 2. The third kappa shape index (κ3) is 3.13. The quantitative estimate of drug-likeness (QED) is 0.912. The van der Waals surface area contributed by atoms with Crippen molar-refractivity contribution in [3.05, 3.63) is 47.3 Å². The molecule has 1 fully saturated rings. The van der Waals surface area contributed by atoms with Gasteiger partial charge in [-0.15, -0.1) is 0 Å². The molecule has 1 amide bonds. The number of anilines is 1. The van der Waals surface area contributed by atoms with E-state index in [9.17, 15) is 4.79 Å². The highest BCUT2D eigenvalue weighted by Crippen LogP contribution is 2.24. The third-order valence-corrected chi connectivity index (χ3v) is 4.13. The summed E-state index contributed by atoms with van der Waals surface area (Å²) in [5.41, 5.74) is 3.67. The molecule has 1 atom stereocenters. The predicted molar refractivity (Wildman–Crippen MR) is 87.1 cm³/mol. The largest absolute Gasteiger partial charge is 0.372 e. The van der Waals surface area contributed by atoms with E-state index in [0.717, 1.165) is 24.3 Å². The van der Waals surface area contributed by atoms with Crippen molar-refractivity contribution >= 4 is 11.6 Å². The van der Waals surface area contributed by atoms with Crippen molar-refractivity contribution in [1.29, 1.82) is 0 Å². The SMILES string of the molecule is Cc1cc(C(=O)N[C@@H](C)c2cccc(N3CCCC3)c2)n[nH]1. The van der Waals surface area contributed by atoms with Crippen LogP contribution in [0.5, 0.6) is 0 Å². The Kier molecular flexibility index (Phi) is 4.13. The first-order valence-corrected chi connectivity index (χ1v) is 7.81. The topological polar surface area (TPSA) is 61.0 Å². The van der Waals surface area contributed by atoms with Gasteiger partial charge in [-0.1, -0.05) is 12.1 Å². The Morgan fingerprint density at radius 3 is 2.77 bits per heavy atom. The first-order chi connectivity index (χ1) is 10.6. The molecule has 0 saturated carbocycles. The molecule has 0 spiro atoms. The van der Waals surface area contributed by atoms with Crippen LogP contribution >= 0.6 is 0 Å². The summed E-state index contributed by atoms with van der Waals surface area (Å²) < 4.78 is 0. The van der Waals surface area contributed by atoms with Gasteiger partial charge in [-0.05, 0) is 50.5 Å². The van der Waals surface area contributed by atoms with Crippen molar-refractivity contribution in [3.8, 4) is 0 Å². The van der Waals surface area contributed by atoms with Gasteiger partial charge in [-0.3, -0.25) is 9.89 Å². The van der Waals surface area contributed by atoms with Crippen LogP contribution in [0.3, 0.4) is 0 Å². The maximum absolute atomic E-state index is 12.2. The van der Waals surface area contributed by atoms with Crippen LogP contribution in [0.4, 0.5) is 5.69 Å². The summed E-state index contributed by atoms with van der Waals surface area (Å²) >= 11 is 0. The second-order valence-corrected chi connectivity index (χ2v) is 5.92. The maximum atomic E-state index is 12.2. The van der Waals surface area contributed by atoms with Gasteiger partial charge in [0.05, 0.1) is 6.04 Å². The summed E-state index contributed by atoms with van der Waals surface area (Å²) in [4.78, 5) is 14.6. The second-order valence-electron chi connectivity index (χ2n) is 5.92. The molecule has 0 aliphatic carbocycles. The van der Waals surface area contributed by atoms with Crippen molar-refractivity contribution < 1.29 is 4.79 Å². The number of aromatic nitrogens is 2. The lowest BCUT2D eigenvalue weighted by Crippen LogP contribution is -2.27. The molecule has 1 saturated heterocycles. The average molecular weight is 298 g/mol. The van der Waals surface area contributed by atoms with Crippen molar-refractivity contribution in [2.75, 3.05) is 18.0 Å². The minimum Gasteiger partial charge on any atom is -0.372 e. The molecular formula is C17H22N4O. The summed E-state index contributed by atoms with van der Waals surface area (Å²) in [6.45, 7) is 6.13. The highest BCUT2D eigenvalue weighted by molar-refractivity contribution is 5.92. The summed E-state index contributed by atoms with van der Waals surface area (Å²) in [6.07, 6.45) is 2.52. The van der Waals surface area contributed by atoms with E-state index < -0.39 is 0 Å². The predicted octanol–water partition coefficient (Wildman–Crippen LogP) is 2.81. The zero-order valence-electron chi connectivity index (χ0n) is 13.1. The minimum absolute atomic E-state index is 0.0490. The molecule has 3 rings (SSSR count). The molecular weight excluding hydrogens is 276 g/mol. The lowest BCUT2D eigenvalue weighted by atomic mass is 10.1. The van der Waals surface area contributed by atoms with E-state index in [1.54, 1.807) is 6.07 Å². The van der Waals surface area contributed by atoms with Crippen LogP contribution in [-0.2, 0) is 0 Å². The van der Waals surface area contributed by atoms with Crippen molar-refractivity contribution in [3.63, 3.8) is 0 Å². The number of nitrogens with one attached hydrogen (secondary N) is 2. The molecule has 2 heterocycles. The first-order valence-electron chi connectivity index (χ1n) is 7.81. The molecule has 5 heteroatoms. The molecule has 2 aromatic rings. The van der Waals surface area contributed by atoms with Gasteiger partial charge in [0, 0.05) is 24.5 Å². The Hall–Kier alpha value is -2.30. The monoisotopic (exact) mass is 298 g/mol. The van der Waals surface area contributed by atoms with Gasteiger partial charge in [0.15, 0.2) is 0 Å². The molecule has 0 unspecified atom stereocenters. The number of aryl methyl sites for hydroxylation is 1. The molecule has 2 N–H and O–H groups in total. The van der Waals surface area contributed by atoms with E-state index in [4.69, 9.17) is 0 Å². The summed E-state index contributed by atoms with van der Waals surface area (Å²) in [5.74, 6) is -0.150. The summed E-state index contributed by atoms with van der Waals surface area (Å²) in [7, 11) is 0. The number of carbonyl (C=O) groups is 1. The number of hydrogen-bond donors (Lipinski definition) is 2. The molecule has 116 valence electrons. The minimum atomic E-state index is -0.150. The fraction of sp³-hybridized carbons (Fsp3) is 0.412. The standard InChI is InChI=1S/C17H22N4O/c1-12-10-16(20-19-12)17(22)18-13(2)14-6-5-7-15(11-14)21-8-3-4-9-21/h5-7,10-11,13H,3-4,8-9H2,1-2H3,(H,18,22)(H,19,20)/t13-/m0/s1. The van der Waals surface area contributed by atoms with Gasteiger partial charge in [-0.25, -0.2) is 0 Å². The number of H-pyrrole nitrogens is 1. The van der Waals surface area contributed by atoms with Crippen molar-refractivity contribution in [2.45, 2.75) is 32.7 Å². The van der Waals surface area contributed by atoms with Crippen LogP contribution in [0.25, 0.3) is 0 Å². The van der Waals surface area contributed by atoms with E-state index in [1.807, 2.05) is 13.8 Å². The number of hydrogen-bond acceptors (Lipinski definition) is 3. The van der Waals surface area contributed by atoms with Crippen LogP contribution in [0.1, 0.15) is 47.6 Å². The molecule has 0 bridgehead atoms. The van der Waals surface area contributed by atoms with Gasteiger partial charge < -0.3 is 10.2 Å². The fourth-order valence-electron chi connectivity index (χ4n) is 2.85. The number of aromatic amines is 1. The van der Waals surface area contributed by atoms with E-state index in [1.165, 1.54) is 18.5 Å². The third-order valence-electron chi connectivity index (χ3n) is 4.13. The van der Waals surface area contributed by atoms with Gasteiger partial charge in [0.2, 0.25) is 0 Å². The molecule has 5 nitrogen and oxygen atoms in total. The second kappa shape index (κ2) is 6.22. The highest BCUT2D eigenvalue weighted by atomic mass is 16.2. The van der Waals surface area contributed by atoms with Crippen molar-refractivity contribution in [2.24, 2.45) is 0 Å². The van der Waals surface area contributed by atoms with E-state index in [-0.39, 0.29) is 11.9 Å². The molecule has 0 radical (unpaired) electrons. The lowest BCUT2D eigenvalue weighted by molar-refractivity contribution is 0.0935. The smallest absolute Gasteiger partial charge is 0.272 e. The lowest BCUT2D eigenvalue weighted by Gasteiger charge is -2.20. The molecule has 1 aliphatic rings. The van der Waals surface area contributed by atoms with Crippen LogP contribution in [0, 0.1) is 6.92 Å². The number of amides is 1. The molecule has 1 aromatic heterocycles. The highest BCUT2D eigenvalue weighted by Gasteiger charge is 2.16. The van der Waals surface area contributed by atoms with Gasteiger partial charge in [0.1, 0.15) is 5.69 Å².